The van der Waals surface area contributed by atoms with Crippen LogP contribution in [0.1, 0.15) is 26.3 Å². The lowest BCUT2D eigenvalue weighted by atomic mass is 9.92. The number of hydrogen-bond donors (Lipinski definition) is 0. The van der Waals surface area contributed by atoms with E-state index < -0.39 is 5.38 Å². The monoisotopic (exact) mass is 240 g/mol. The van der Waals surface area contributed by atoms with E-state index in [1.54, 1.807) is 0 Å². The van der Waals surface area contributed by atoms with Crippen LogP contribution in [-0.4, -0.2) is 11.3 Å². The Labute approximate surface area is 102 Å². The molecule has 88 valence electrons. The number of rotatable bonds is 3. The van der Waals surface area contributed by atoms with Crippen molar-refractivity contribution in [3.05, 3.63) is 35.9 Å². The van der Waals surface area contributed by atoms with Crippen LogP contribution in [-0.2, 0) is 16.1 Å². The van der Waals surface area contributed by atoms with Crippen molar-refractivity contribution in [2.24, 2.45) is 5.41 Å². The van der Waals surface area contributed by atoms with E-state index in [0.29, 0.717) is 0 Å². The average molecular weight is 241 g/mol. The third kappa shape index (κ3) is 3.86. The normalized spacial score (nSPS) is 13.2. The van der Waals surface area contributed by atoms with Gasteiger partial charge in [-0.15, -0.1) is 11.6 Å². The maximum Gasteiger partial charge on any atom is 0.324 e. The summed E-state index contributed by atoms with van der Waals surface area (Å²) in [5.74, 6) is -0.363. The second-order valence-corrected chi connectivity index (χ2v) is 5.26. The van der Waals surface area contributed by atoms with E-state index in [-0.39, 0.29) is 18.0 Å². The van der Waals surface area contributed by atoms with Crippen LogP contribution in [0.3, 0.4) is 0 Å². The molecule has 0 aliphatic carbocycles. The Hall–Kier alpha value is -1.02. The van der Waals surface area contributed by atoms with E-state index in [1.165, 1.54) is 0 Å². The first-order valence-corrected chi connectivity index (χ1v) is 5.69. The summed E-state index contributed by atoms with van der Waals surface area (Å²) >= 11 is 6.00. The molecular weight excluding hydrogens is 224 g/mol. The molecule has 1 aromatic carbocycles. The van der Waals surface area contributed by atoms with Gasteiger partial charge in [-0.2, -0.15) is 0 Å². The van der Waals surface area contributed by atoms with E-state index >= 15 is 0 Å². The van der Waals surface area contributed by atoms with Crippen LogP contribution in [0, 0.1) is 5.41 Å². The molecule has 0 saturated heterocycles. The van der Waals surface area contributed by atoms with Crippen molar-refractivity contribution in [2.75, 3.05) is 0 Å². The number of alkyl halides is 1. The molecule has 0 saturated carbocycles. The minimum Gasteiger partial charge on any atom is -0.460 e. The van der Waals surface area contributed by atoms with Gasteiger partial charge in [0.25, 0.3) is 0 Å². The van der Waals surface area contributed by atoms with Gasteiger partial charge in [0.1, 0.15) is 12.0 Å². The molecule has 3 heteroatoms. The minimum absolute atomic E-state index is 0.277. The van der Waals surface area contributed by atoms with Gasteiger partial charge in [0.15, 0.2) is 0 Å². The zero-order valence-electron chi connectivity index (χ0n) is 9.87. The number of halogens is 1. The van der Waals surface area contributed by atoms with Gasteiger partial charge in [0, 0.05) is 0 Å². The van der Waals surface area contributed by atoms with Crippen molar-refractivity contribution in [1.29, 1.82) is 0 Å². The molecule has 0 bridgehead atoms. The Bertz CT molecular complexity index is 341. The van der Waals surface area contributed by atoms with Gasteiger partial charge in [-0.05, 0) is 11.0 Å². The molecule has 0 radical (unpaired) electrons. The molecule has 1 unspecified atom stereocenters. The molecule has 0 fully saturated rings. The molecule has 0 aliphatic heterocycles. The molecule has 0 heterocycles. The van der Waals surface area contributed by atoms with Gasteiger partial charge in [-0.1, -0.05) is 51.1 Å². The topological polar surface area (TPSA) is 26.3 Å². The number of hydrogen-bond acceptors (Lipinski definition) is 2. The first-order valence-electron chi connectivity index (χ1n) is 5.26. The predicted octanol–water partition coefficient (Wildman–Crippen LogP) is 3.38. The van der Waals surface area contributed by atoms with Crippen LogP contribution in [0.2, 0.25) is 0 Å². The molecule has 16 heavy (non-hydrogen) atoms. The van der Waals surface area contributed by atoms with Gasteiger partial charge in [-0.25, -0.2) is 0 Å². The molecule has 0 aliphatic rings. The second-order valence-electron chi connectivity index (χ2n) is 4.82. The average Bonchev–Trinajstić information content (AvgIpc) is 2.25. The molecule has 2 nitrogen and oxygen atoms in total. The summed E-state index contributed by atoms with van der Waals surface area (Å²) in [7, 11) is 0. The third-order valence-corrected chi connectivity index (χ3v) is 3.02. The summed E-state index contributed by atoms with van der Waals surface area (Å²) in [4.78, 5) is 11.6. The Morgan fingerprint density at radius 1 is 1.31 bits per heavy atom. The SMILES string of the molecule is CC(C)(C)C(Cl)C(=O)OCc1ccccc1. The van der Waals surface area contributed by atoms with Crippen LogP contribution in [0.4, 0.5) is 0 Å². The van der Waals surface area contributed by atoms with Crippen molar-refractivity contribution in [3.63, 3.8) is 0 Å². The summed E-state index contributed by atoms with van der Waals surface area (Å²) in [6.07, 6.45) is 0. The lowest BCUT2D eigenvalue weighted by molar-refractivity contribution is -0.146. The fraction of sp³-hybridized carbons (Fsp3) is 0.462. The first kappa shape index (κ1) is 13.0. The van der Waals surface area contributed by atoms with E-state index in [1.807, 2.05) is 51.1 Å². The maximum absolute atomic E-state index is 11.6. The van der Waals surface area contributed by atoms with Crippen molar-refractivity contribution in [3.8, 4) is 0 Å². The zero-order chi connectivity index (χ0) is 12.2. The van der Waals surface area contributed by atoms with Gasteiger partial charge >= 0.3 is 5.97 Å². The Morgan fingerprint density at radius 2 is 1.88 bits per heavy atom. The molecule has 0 N–H and O–H groups in total. The highest BCUT2D eigenvalue weighted by atomic mass is 35.5. The summed E-state index contributed by atoms with van der Waals surface area (Å²) in [6.45, 7) is 6.01. The maximum atomic E-state index is 11.6. The molecule has 0 amide bonds. The van der Waals surface area contributed by atoms with Crippen LogP contribution in [0.5, 0.6) is 0 Å². The summed E-state index contributed by atoms with van der Waals surface area (Å²) in [5, 5.41) is -0.615. The van der Waals surface area contributed by atoms with Crippen molar-refractivity contribution < 1.29 is 9.53 Å². The molecule has 1 atom stereocenters. The Morgan fingerprint density at radius 3 is 2.38 bits per heavy atom. The number of carbonyl (C=O) groups excluding carboxylic acids is 1. The Balaban J connectivity index is 2.48. The lowest BCUT2D eigenvalue weighted by Gasteiger charge is -2.23. The van der Waals surface area contributed by atoms with E-state index in [2.05, 4.69) is 0 Å². The highest BCUT2D eigenvalue weighted by Gasteiger charge is 2.30. The number of ether oxygens (including phenoxy) is 1. The third-order valence-electron chi connectivity index (χ3n) is 2.19. The summed E-state index contributed by atoms with van der Waals surface area (Å²) in [6, 6.07) is 9.56. The van der Waals surface area contributed by atoms with Gasteiger partial charge in [0.2, 0.25) is 0 Å². The standard InChI is InChI=1S/C13H17ClO2/c1-13(2,3)11(14)12(15)16-9-10-7-5-4-6-8-10/h4-8,11H,9H2,1-3H3. The highest BCUT2D eigenvalue weighted by molar-refractivity contribution is 6.30. The van der Waals surface area contributed by atoms with Gasteiger partial charge in [-0.3, -0.25) is 4.79 Å². The number of carbonyl (C=O) groups is 1. The quantitative estimate of drug-likeness (QED) is 0.598. The van der Waals surface area contributed by atoms with E-state index in [0.717, 1.165) is 5.56 Å². The summed E-state index contributed by atoms with van der Waals surface area (Å²) in [5.41, 5.74) is 0.684. The zero-order valence-corrected chi connectivity index (χ0v) is 10.6. The highest BCUT2D eigenvalue weighted by Crippen LogP contribution is 2.25. The van der Waals surface area contributed by atoms with Crippen LogP contribution >= 0.6 is 11.6 Å². The molecule has 0 aromatic heterocycles. The van der Waals surface area contributed by atoms with Crippen LogP contribution in [0.15, 0.2) is 30.3 Å². The minimum atomic E-state index is -0.615. The molecular formula is C13H17ClO2. The van der Waals surface area contributed by atoms with Crippen LogP contribution in [0.25, 0.3) is 0 Å². The van der Waals surface area contributed by atoms with Crippen LogP contribution < -0.4 is 0 Å². The van der Waals surface area contributed by atoms with E-state index in [9.17, 15) is 4.79 Å². The molecule has 1 rings (SSSR count). The van der Waals surface area contributed by atoms with Crippen molar-refractivity contribution >= 4 is 17.6 Å². The summed E-state index contributed by atoms with van der Waals surface area (Å²) < 4.78 is 5.15. The lowest BCUT2D eigenvalue weighted by Crippen LogP contribution is -2.30. The smallest absolute Gasteiger partial charge is 0.324 e. The second kappa shape index (κ2) is 5.35. The van der Waals surface area contributed by atoms with Gasteiger partial charge < -0.3 is 4.74 Å². The first-order chi connectivity index (χ1) is 7.41. The van der Waals surface area contributed by atoms with Crippen molar-refractivity contribution in [1.82, 2.24) is 0 Å². The molecule has 1 aromatic rings. The fourth-order valence-electron chi connectivity index (χ4n) is 1.16. The fourth-order valence-corrected chi connectivity index (χ4v) is 1.22. The molecule has 0 spiro atoms. The number of esters is 1. The largest absolute Gasteiger partial charge is 0.460 e. The Kier molecular flexibility index (Phi) is 4.36. The van der Waals surface area contributed by atoms with Crippen molar-refractivity contribution in [2.45, 2.75) is 32.8 Å². The predicted molar refractivity (Wildman–Crippen MR) is 65.3 cm³/mol. The van der Waals surface area contributed by atoms with E-state index in [4.69, 9.17) is 16.3 Å². The number of benzene rings is 1. The van der Waals surface area contributed by atoms with Gasteiger partial charge in [0.05, 0.1) is 0 Å².